The topological polar surface area (TPSA) is 24.7 Å². The van der Waals surface area contributed by atoms with E-state index < -0.39 is 5.00 Å². The molecule has 2 aliphatic rings. The second-order valence-electron chi connectivity index (χ2n) is 7.42. The predicted octanol–water partition coefficient (Wildman–Crippen LogP) is 6.72. The minimum absolute atomic E-state index is 0.340. The largest absolute Gasteiger partial charge is 0.189 e. The average Bonchev–Trinajstić information content (AvgIpc) is 2.89. The van der Waals surface area contributed by atoms with Crippen LogP contribution in [0.3, 0.4) is 0 Å². The Hall–Kier alpha value is -0.110. The summed E-state index contributed by atoms with van der Waals surface area (Å²) in [5.41, 5.74) is 0. The SMILES string of the molecule is CC(/N=N/C(C)(Cl)C1CCCCCC1)C1CCCCCC1. The number of azo groups is 1. The van der Waals surface area contributed by atoms with Crippen LogP contribution in [0.2, 0.25) is 0 Å². The first kappa shape index (κ1) is 17.2. The monoisotopic (exact) mass is 312 g/mol. The van der Waals surface area contributed by atoms with Gasteiger partial charge in [0, 0.05) is 0 Å². The minimum atomic E-state index is -0.483. The highest BCUT2D eigenvalue weighted by Crippen LogP contribution is 2.38. The quantitative estimate of drug-likeness (QED) is 0.238. The van der Waals surface area contributed by atoms with Crippen molar-refractivity contribution in [3.8, 4) is 0 Å². The van der Waals surface area contributed by atoms with Crippen LogP contribution in [0, 0.1) is 11.8 Å². The molecule has 0 N–H and O–H groups in total. The lowest BCUT2D eigenvalue weighted by molar-refractivity contribution is 0.325. The van der Waals surface area contributed by atoms with Crippen molar-refractivity contribution in [1.82, 2.24) is 0 Å². The summed E-state index contributed by atoms with van der Waals surface area (Å²) >= 11 is 6.74. The minimum Gasteiger partial charge on any atom is -0.189 e. The van der Waals surface area contributed by atoms with E-state index in [0.717, 1.165) is 5.92 Å². The molecule has 0 spiro atoms. The van der Waals surface area contributed by atoms with Crippen LogP contribution in [0.5, 0.6) is 0 Å². The van der Waals surface area contributed by atoms with Crippen LogP contribution in [0.4, 0.5) is 0 Å². The maximum Gasteiger partial charge on any atom is 0.154 e. The lowest BCUT2D eigenvalue weighted by Crippen LogP contribution is -2.26. The predicted molar refractivity (Wildman–Crippen MR) is 91.0 cm³/mol. The molecule has 21 heavy (non-hydrogen) atoms. The molecule has 2 rings (SSSR count). The van der Waals surface area contributed by atoms with Gasteiger partial charge in [-0.1, -0.05) is 63.0 Å². The van der Waals surface area contributed by atoms with Crippen LogP contribution in [-0.2, 0) is 0 Å². The molecule has 0 amide bonds. The molecule has 2 saturated carbocycles. The highest BCUT2D eigenvalue weighted by atomic mass is 35.5. The third kappa shape index (κ3) is 5.54. The molecule has 0 aromatic rings. The van der Waals surface area contributed by atoms with E-state index in [1.165, 1.54) is 77.0 Å². The molecule has 122 valence electrons. The Kier molecular flexibility index (Phi) is 6.98. The fourth-order valence-electron chi connectivity index (χ4n) is 3.98. The van der Waals surface area contributed by atoms with Crippen LogP contribution < -0.4 is 0 Å². The van der Waals surface area contributed by atoms with Gasteiger partial charge in [0.2, 0.25) is 0 Å². The molecular weight excluding hydrogens is 280 g/mol. The normalized spacial score (nSPS) is 28.0. The standard InChI is InChI=1S/C18H33ClN2/c1-15(16-11-7-3-4-8-12-16)20-21-18(2,19)17-13-9-5-6-10-14-17/h15-17H,3-14H2,1-2H3/b21-20+. The first-order chi connectivity index (χ1) is 10.1. The van der Waals surface area contributed by atoms with Gasteiger partial charge in [0.15, 0.2) is 5.00 Å². The fourth-order valence-corrected chi connectivity index (χ4v) is 4.24. The van der Waals surface area contributed by atoms with Gasteiger partial charge in [0.05, 0.1) is 6.04 Å². The van der Waals surface area contributed by atoms with Crippen molar-refractivity contribution in [2.45, 2.75) is 102 Å². The highest BCUT2D eigenvalue weighted by Gasteiger charge is 2.32. The van der Waals surface area contributed by atoms with Gasteiger partial charge in [-0.3, -0.25) is 0 Å². The van der Waals surface area contributed by atoms with Crippen molar-refractivity contribution in [3.05, 3.63) is 0 Å². The summed E-state index contributed by atoms with van der Waals surface area (Å²) in [6, 6.07) is 0.340. The Balaban J connectivity index is 1.90. The number of hydrogen-bond acceptors (Lipinski definition) is 2. The summed E-state index contributed by atoms with van der Waals surface area (Å²) in [5, 5.41) is 9.28. The van der Waals surface area contributed by atoms with Gasteiger partial charge in [0.1, 0.15) is 0 Å². The number of alkyl halides is 1. The lowest BCUT2D eigenvalue weighted by atomic mass is 9.92. The summed E-state index contributed by atoms with van der Waals surface area (Å²) in [4.78, 5) is -0.483. The van der Waals surface area contributed by atoms with Crippen molar-refractivity contribution < 1.29 is 0 Å². The molecule has 2 fully saturated rings. The molecule has 0 aliphatic heterocycles. The summed E-state index contributed by atoms with van der Waals surface area (Å²) in [6.07, 6.45) is 15.9. The second-order valence-corrected chi connectivity index (χ2v) is 8.19. The van der Waals surface area contributed by atoms with Crippen LogP contribution in [0.1, 0.15) is 90.9 Å². The van der Waals surface area contributed by atoms with E-state index in [9.17, 15) is 0 Å². The average molecular weight is 313 g/mol. The van der Waals surface area contributed by atoms with Crippen LogP contribution in [-0.4, -0.2) is 11.0 Å². The molecule has 2 nitrogen and oxygen atoms in total. The Bertz CT molecular complexity index is 311. The molecule has 0 aromatic heterocycles. The number of hydrogen-bond donors (Lipinski definition) is 0. The van der Waals surface area contributed by atoms with E-state index in [0.29, 0.717) is 12.0 Å². The van der Waals surface area contributed by atoms with Gasteiger partial charge in [-0.05, 0) is 51.4 Å². The Morgan fingerprint density at radius 1 is 0.857 bits per heavy atom. The lowest BCUT2D eigenvalue weighted by Gasteiger charge is -2.27. The van der Waals surface area contributed by atoms with Gasteiger partial charge < -0.3 is 0 Å². The Morgan fingerprint density at radius 2 is 1.33 bits per heavy atom. The number of nitrogens with zero attached hydrogens (tertiary/aromatic N) is 2. The van der Waals surface area contributed by atoms with Crippen LogP contribution in [0.25, 0.3) is 0 Å². The molecule has 0 bridgehead atoms. The summed E-state index contributed by atoms with van der Waals surface area (Å²) < 4.78 is 0. The molecule has 2 atom stereocenters. The molecule has 2 aliphatic carbocycles. The van der Waals surface area contributed by atoms with Crippen LogP contribution >= 0.6 is 11.6 Å². The van der Waals surface area contributed by atoms with E-state index in [4.69, 9.17) is 11.6 Å². The zero-order chi connectivity index (χ0) is 15.1. The van der Waals surface area contributed by atoms with Gasteiger partial charge in [0.25, 0.3) is 0 Å². The van der Waals surface area contributed by atoms with Crippen molar-refractivity contribution in [3.63, 3.8) is 0 Å². The van der Waals surface area contributed by atoms with Crippen molar-refractivity contribution in [1.29, 1.82) is 0 Å². The summed E-state index contributed by atoms with van der Waals surface area (Å²) in [7, 11) is 0. The number of rotatable bonds is 4. The molecule has 0 radical (unpaired) electrons. The fraction of sp³-hybridized carbons (Fsp3) is 1.00. The smallest absolute Gasteiger partial charge is 0.154 e. The Labute approximate surface area is 136 Å². The van der Waals surface area contributed by atoms with E-state index in [2.05, 4.69) is 24.1 Å². The van der Waals surface area contributed by atoms with E-state index in [-0.39, 0.29) is 0 Å². The maximum absolute atomic E-state index is 6.74. The van der Waals surface area contributed by atoms with Crippen molar-refractivity contribution >= 4 is 11.6 Å². The highest BCUT2D eigenvalue weighted by molar-refractivity contribution is 6.23. The first-order valence-corrected chi connectivity index (χ1v) is 9.58. The molecular formula is C18H33ClN2. The van der Waals surface area contributed by atoms with Gasteiger partial charge in [-0.2, -0.15) is 10.2 Å². The summed E-state index contributed by atoms with van der Waals surface area (Å²) in [6.45, 7) is 4.31. The van der Waals surface area contributed by atoms with E-state index >= 15 is 0 Å². The third-order valence-corrected chi connectivity index (χ3v) is 6.00. The van der Waals surface area contributed by atoms with Crippen molar-refractivity contribution in [2.75, 3.05) is 0 Å². The molecule has 0 heterocycles. The zero-order valence-corrected chi connectivity index (χ0v) is 14.7. The second kappa shape index (κ2) is 8.50. The zero-order valence-electron chi connectivity index (χ0n) is 14.0. The van der Waals surface area contributed by atoms with E-state index in [1.807, 2.05) is 0 Å². The molecule has 0 saturated heterocycles. The third-order valence-electron chi connectivity index (χ3n) is 5.62. The van der Waals surface area contributed by atoms with Crippen molar-refractivity contribution in [2.24, 2.45) is 22.1 Å². The maximum atomic E-state index is 6.74. The summed E-state index contributed by atoms with van der Waals surface area (Å²) in [5.74, 6) is 1.23. The molecule has 0 aromatic carbocycles. The number of halogens is 1. The van der Waals surface area contributed by atoms with Gasteiger partial charge in [-0.15, -0.1) is 0 Å². The van der Waals surface area contributed by atoms with E-state index in [1.54, 1.807) is 0 Å². The molecule has 2 unspecified atom stereocenters. The Morgan fingerprint density at radius 3 is 1.86 bits per heavy atom. The molecule has 3 heteroatoms. The first-order valence-electron chi connectivity index (χ1n) is 9.20. The van der Waals surface area contributed by atoms with Gasteiger partial charge in [-0.25, -0.2) is 0 Å². The van der Waals surface area contributed by atoms with Gasteiger partial charge >= 0.3 is 0 Å². The van der Waals surface area contributed by atoms with Crippen LogP contribution in [0.15, 0.2) is 10.2 Å².